The zero-order valence-corrected chi connectivity index (χ0v) is 23.7. The number of aromatic hydroxyl groups is 1. The first-order chi connectivity index (χ1) is 20.6. The topological polar surface area (TPSA) is 90.4 Å². The van der Waals surface area contributed by atoms with Crippen molar-refractivity contribution in [3.63, 3.8) is 0 Å². The molecule has 4 aliphatic heterocycles. The maximum atomic E-state index is 10.6. The highest BCUT2D eigenvalue weighted by Crippen LogP contribution is 2.47. The molecule has 0 aromatic heterocycles. The summed E-state index contributed by atoms with van der Waals surface area (Å²) in [6.07, 6.45) is 3.09. The van der Waals surface area contributed by atoms with Gasteiger partial charge in [-0.2, -0.15) is 0 Å². The van der Waals surface area contributed by atoms with E-state index < -0.39 is 0 Å². The largest absolute Gasteiger partial charge is 0.504 e. The average Bonchev–Trinajstić information content (AvgIpc) is 3.01. The smallest absolute Gasteiger partial charge is 0.229 e. The number of ether oxygens (including phenoxy) is 3. The van der Waals surface area contributed by atoms with Crippen LogP contribution in [0.2, 0.25) is 0 Å². The molecule has 0 saturated heterocycles. The Kier molecular flexibility index (Phi) is 7.01. The number of hydrogen-bond acceptors (Lipinski definition) is 8. The predicted molar refractivity (Wildman–Crippen MR) is 158 cm³/mol. The molecule has 8 rings (SSSR count). The molecule has 4 aromatic rings. The van der Waals surface area contributed by atoms with Crippen LogP contribution in [0.25, 0.3) is 0 Å². The minimum Gasteiger partial charge on any atom is -0.504 e. The molecule has 0 spiro atoms. The van der Waals surface area contributed by atoms with Crippen LogP contribution in [0, 0.1) is 0 Å². The molecule has 2 atom stereocenters. The van der Waals surface area contributed by atoms with Crippen LogP contribution in [0.5, 0.6) is 40.2 Å². The fourth-order valence-electron chi connectivity index (χ4n) is 6.43. The van der Waals surface area contributed by atoms with Gasteiger partial charge in [-0.15, -0.1) is 0 Å². The molecule has 4 aliphatic rings. The highest BCUT2D eigenvalue weighted by molar-refractivity contribution is 5.61. The quantitative estimate of drug-likeness (QED) is 0.265. The van der Waals surface area contributed by atoms with Gasteiger partial charge in [-0.3, -0.25) is 9.78 Å². The van der Waals surface area contributed by atoms with E-state index in [4.69, 9.17) is 24.0 Å². The third-order valence-electron chi connectivity index (χ3n) is 8.44. The number of phenolic OH excluding ortho intramolecular Hbond substituents is 1. The minimum atomic E-state index is -0.109. The number of phenols is 1. The van der Waals surface area contributed by atoms with Crippen molar-refractivity contribution in [2.45, 2.75) is 37.8 Å². The summed E-state index contributed by atoms with van der Waals surface area (Å²) in [6, 6.07) is 21.6. The average molecular weight is 567 g/mol. The van der Waals surface area contributed by atoms with Crippen LogP contribution in [0.3, 0.4) is 0 Å². The Morgan fingerprint density at radius 1 is 0.738 bits per heavy atom. The summed E-state index contributed by atoms with van der Waals surface area (Å²) in [4.78, 5) is 12.6. The first-order valence-corrected chi connectivity index (χ1v) is 14.4. The van der Waals surface area contributed by atoms with E-state index in [1.165, 1.54) is 5.56 Å². The molecule has 4 aromatic carbocycles. The van der Waals surface area contributed by atoms with Crippen molar-refractivity contribution in [1.82, 2.24) is 10.6 Å². The molecular weight excluding hydrogens is 532 g/mol. The van der Waals surface area contributed by atoms with Crippen LogP contribution < -0.4 is 34.6 Å². The highest BCUT2D eigenvalue weighted by Gasteiger charge is 2.32. The standard InChI is InChI=1S/C34H34N2O6/c1-38-30-19-23-13-15-36-26-17-21-8-11-27(37)29(18-21)40-24-9-6-20(7-10-24)16-25-31-22(12-14-35-25)4-3-5-28(31)41-42-34(32(23)26)33(30)39-2/h3-11,18-19,25-26,35-37H,12-17H2,1-2H3. The van der Waals surface area contributed by atoms with Gasteiger partial charge in [0.15, 0.2) is 23.0 Å². The highest BCUT2D eigenvalue weighted by atomic mass is 17.2. The molecule has 216 valence electrons. The predicted octanol–water partition coefficient (Wildman–Crippen LogP) is 5.75. The van der Waals surface area contributed by atoms with E-state index in [2.05, 4.69) is 28.8 Å². The van der Waals surface area contributed by atoms with Gasteiger partial charge < -0.3 is 30.0 Å². The fourth-order valence-corrected chi connectivity index (χ4v) is 6.43. The Labute approximate surface area is 245 Å². The Bertz CT molecular complexity index is 1620. The number of nitrogens with one attached hydrogen (secondary N) is 2. The zero-order chi connectivity index (χ0) is 28.6. The molecule has 3 N–H and O–H groups in total. The zero-order valence-electron chi connectivity index (χ0n) is 23.7. The summed E-state index contributed by atoms with van der Waals surface area (Å²) < 4.78 is 17.7. The lowest BCUT2D eigenvalue weighted by atomic mass is 9.88. The van der Waals surface area contributed by atoms with Crippen molar-refractivity contribution >= 4 is 0 Å². The minimum absolute atomic E-state index is 0.0375. The Morgan fingerprint density at radius 2 is 1.48 bits per heavy atom. The lowest BCUT2D eigenvalue weighted by Crippen LogP contribution is -2.33. The van der Waals surface area contributed by atoms with Crippen LogP contribution >= 0.6 is 0 Å². The summed E-state index contributed by atoms with van der Waals surface area (Å²) in [5.41, 5.74) is 6.55. The van der Waals surface area contributed by atoms with Gasteiger partial charge in [-0.25, -0.2) is 0 Å². The molecule has 0 fully saturated rings. The second-order valence-corrected chi connectivity index (χ2v) is 11.0. The summed E-state index contributed by atoms with van der Waals surface area (Å²) in [6.45, 7) is 1.67. The van der Waals surface area contributed by atoms with E-state index in [1.807, 2.05) is 42.5 Å². The molecule has 4 heterocycles. The lowest BCUT2D eigenvalue weighted by Gasteiger charge is -2.31. The summed E-state index contributed by atoms with van der Waals surface area (Å²) in [7, 11) is 3.24. The van der Waals surface area contributed by atoms with Crippen LogP contribution in [-0.2, 0) is 25.7 Å². The summed E-state index contributed by atoms with van der Waals surface area (Å²) in [5, 5.41) is 18.0. The van der Waals surface area contributed by atoms with Gasteiger partial charge >= 0.3 is 0 Å². The third-order valence-corrected chi connectivity index (χ3v) is 8.44. The molecule has 0 amide bonds. The van der Waals surface area contributed by atoms with E-state index in [0.717, 1.165) is 60.2 Å². The number of fused-ring (bicyclic) bond motifs is 3. The monoisotopic (exact) mass is 566 g/mol. The van der Waals surface area contributed by atoms with Gasteiger partial charge in [0.2, 0.25) is 11.5 Å². The molecule has 0 aliphatic carbocycles. The molecule has 8 nitrogen and oxygen atoms in total. The molecular formula is C34H34N2O6. The molecule has 42 heavy (non-hydrogen) atoms. The number of rotatable bonds is 2. The van der Waals surface area contributed by atoms with Gasteiger partial charge in [0.25, 0.3) is 0 Å². The van der Waals surface area contributed by atoms with Gasteiger partial charge in [0.1, 0.15) is 5.75 Å². The maximum absolute atomic E-state index is 10.6. The van der Waals surface area contributed by atoms with E-state index in [0.29, 0.717) is 40.9 Å². The molecule has 0 radical (unpaired) electrons. The number of benzene rings is 4. The summed E-state index contributed by atoms with van der Waals surface area (Å²) in [5.74, 6) is 3.41. The first kappa shape index (κ1) is 26.5. The van der Waals surface area contributed by atoms with Crippen molar-refractivity contribution < 1.29 is 29.1 Å². The van der Waals surface area contributed by atoms with E-state index in [-0.39, 0.29) is 17.8 Å². The molecule has 4 bridgehead atoms. The van der Waals surface area contributed by atoms with Gasteiger partial charge in [-0.1, -0.05) is 30.3 Å². The SMILES string of the molecule is COc1cc2c3c(c1OC)OOc1cccc4c1C(Cc1ccc(cc1)Oc1cc(ccc1O)CC3NCC2)NCC4. The van der Waals surface area contributed by atoms with Crippen molar-refractivity contribution in [2.24, 2.45) is 0 Å². The van der Waals surface area contributed by atoms with Crippen molar-refractivity contribution in [3.8, 4) is 40.2 Å². The Morgan fingerprint density at radius 3 is 2.26 bits per heavy atom. The van der Waals surface area contributed by atoms with E-state index in [1.54, 1.807) is 20.3 Å². The van der Waals surface area contributed by atoms with E-state index >= 15 is 0 Å². The van der Waals surface area contributed by atoms with Crippen LogP contribution in [-0.4, -0.2) is 32.4 Å². The van der Waals surface area contributed by atoms with Gasteiger partial charge in [0, 0.05) is 23.2 Å². The van der Waals surface area contributed by atoms with Crippen molar-refractivity contribution in [1.29, 1.82) is 0 Å². The molecule has 0 saturated carbocycles. The lowest BCUT2D eigenvalue weighted by molar-refractivity contribution is -0.104. The second-order valence-electron chi connectivity index (χ2n) is 11.0. The van der Waals surface area contributed by atoms with E-state index in [9.17, 15) is 5.11 Å². The van der Waals surface area contributed by atoms with Gasteiger partial charge in [0.05, 0.1) is 14.2 Å². The van der Waals surface area contributed by atoms with Crippen LogP contribution in [0.15, 0.2) is 66.7 Å². The van der Waals surface area contributed by atoms with Gasteiger partial charge in [-0.05, 0) is 97.4 Å². The normalized spacial score (nSPS) is 19.1. The van der Waals surface area contributed by atoms with Crippen LogP contribution in [0.4, 0.5) is 0 Å². The molecule has 2 unspecified atom stereocenters. The molecule has 8 heteroatoms. The summed E-state index contributed by atoms with van der Waals surface area (Å²) >= 11 is 0. The Hall–Kier alpha value is -4.40. The second kappa shape index (κ2) is 11.1. The fraction of sp³-hybridized carbons (Fsp3) is 0.294. The van der Waals surface area contributed by atoms with Crippen molar-refractivity contribution in [2.75, 3.05) is 27.3 Å². The number of hydrogen-bond donors (Lipinski definition) is 3. The van der Waals surface area contributed by atoms with Crippen molar-refractivity contribution in [3.05, 3.63) is 100 Å². The first-order valence-electron chi connectivity index (χ1n) is 14.4. The third kappa shape index (κ3) is 4.86. The number of methoxy groups -OCH3 is 2. The Balaban J connectivity index is 1.39. The maximum Gasteiger partial charge on any atom is 0.229 e. The van der Waals surface area contributed by atoms with Crippen LogP contribution in [0.1, 0.15) is 45.5 Å².